The van der Waals surface area contributed by atoms with E-state index in [0.717, 1.165) is 55.4 Å². The van der Waals surface area contributed by atoms with E-state index >= 15 is 0 Å². The quantitative estimate of drug-likeness (QED) is 0.0879. The van der Waals surface area contributed by atoms with Crippen molar-refractivity contribution in [3.63, 3.8) is 0 Å². The van der Waals surface area contributed by atoms with E-state index in [2.05, 4.69) is 75.6 Å². The molecule has 2 rings (SSSR count). The van der Waals surface area contributed by atoms with E-state index in [-0.39, 0.29) is 5.97 Å². The summed E-state index contributed by atoms with van der Waals surface area (Å²) in [6.07, 6.45) is 16.2. The fourth-order valence-electron chi connectivity index (χ4n) is 4.83. The SMILES string of the molecule is CCCCCCCCCCc1ccc(OCCCCOC(=O)CCCC[N+](C)(C)Cc2ccccc2)cc1. The molecule has 0 aliphatic heterocycles. The number of benzene rings is 2. The van der Waals surface area contributed by atoms with E-state index in [0.29, 0.717) is 19.6 Å². The van der Waals surface area contributed by atoms with E-state index in [1.807, 2.05) is 0 Å². The molecular weight excluding hydrogens is 470 g/mol. The molecule has 0 aromatic heterocycles. The van der Waals surface area contributed by atoms with Crippen molar-refractivity contribution < 1.29 is 18.8 Å². The number of aryl methyl sites for hydroxylation is 1. The minimum atomic E-state index is -0.0774. The highest BCUT2D eigenvalue weighted by Gasteiger charge is 2.15. The second-order valence-electron chi connectivity index (χ2n) is 11.4. The van der Waals surface area contributed by atoms with Crippen LogP contribution in [-0.2, 0) is 22.5 Å². The number of hydrogen-bond donors (Lipinski definition) is 0. The van der Waals surface area contributed by atoms with Gasteiger partial charge < -0.3 is 14.0 Å². The van der Waals surface area contributed by atoms with E-state index < -0.39 is 0 Å². The third-order valence-corrected chi connectivity index (χ3v) is 7.16. The zero-order valence-electron chi connectivity index (χ0n) is 24.6. The number of rotatable bonds is 22. The van der Waals surface area contributed by atoms with Crippen molar-refractivity contribution in [3.05, 3.63) is 65.7 Å². The molecule has 2 aromatic carbocycles. The summed E-state index contributed by atoms with van der Waals surface area (Å²) < 4.78 is 12.2. The van der Waals surface area contributed by atoms with E-state index in [1.165, 1.54) is 62.5 Å². The second-order valence-corrected chi connectivity index (χ2v) is 11.4. The average molecular weight is 525 g/mol. The largest absolute Gasteiger partial charge is 0.494 e. The molecule has 2 aromatic rings. The van der Waals surface area contributed by atoms with E-state index in [9.17, 15) is 4.79 Å². The van der Waals surface area contributed by atoms with E-state index in [4.69, 9.17) is 9.47 Å². The lowest BCUT2D eigenvalue weighted by Crippen LogP contribution is -2.39. The van der Waals surface area contributed by atoms with Gasteiger partial charge in [0.25, 0.3) is 0 Å². The first-order valence-corrected chi connectivity index (χ1v) is 15.2. The van der Waals surface area contributed by atoms with Gasteiger partial charge in [0, 0.05) is 12.0 Å². The maximum absolute atomic E-state index is 12.1. The van der Waals surface area contributed by atoms with Gasteiger partial charge in [-0.3, -0.25) is 4.79 Å². The van der Waals surface area contributed by atoms with Crippen LogP contribution in [0.1, 0.15) is 102 Å². The van der Waals surface area contributed by atoms with Crippen LogP contribution in [-0.4, -0.2) is 44.3 Å². The summed E-state index contributed by atoms with van der Waals surface area (Å²) in [6.45, 7) is 5.47. The molecular formula is C34H54NO3+. The second kappa shape index (κ2) is 19.7. The van der Waals surface area contributed by atoms with Crippen LogP contribution in [0.15, 0.2) is 54.6 Å². The molecule has 4 nitrogen and oxygen atoms in total. The number of hydrogen-bond acceptors (Lipinski definition) is 3. The summed E-state index contributed by atoms with van der Waals surface area (Å²) >= 11 is 0. The number of unbranched alkanes of at least 4 members (excludes halogenated alkanes) is 9. The first-order valence-electron chi connectivity index (χ1n) is 15.2. The third-order valence-electron chi connectivity index (χ3n) is 7.16. The van der Waals surface area contributed by atoms with Crippen LogP contribution in [0.25, 0.3) is 0 Å². The van der Waals surface area contributed by atoms with Gasteiger partial charge in [0.2, 0.25) is 0 Å². The Hall–Kier alpha value is -2.33. The highest BCUT2D eigenvalue weighted by Crippen LogP contribution is 2.16. The van der Waals surface area contributed by atoms with Crippen LogP contribution in [0.2, 0.25) is 0 Å². The highest BCUT2D eigenvalue weighted by atomic mass is 16.5. The Morgan fingerprint density at radius 1 is 0.684 bits per heavy atom. The standard InChI is InChI=1S/C34H54NO3/c1-4-5-6-7-8-9-10-12-19-31-23-25-33(26-24-31)37-28-17-18-29-38-34(36)22-15-16-27-35(2,3)30-32-20-13-11-14-21-32/h11,13-14,20-21,23-26H,4-10,12,15-19,22,27-30H2,1-3H3/q+1. The predicted molar refractivity (Wildman–Crippen MR) is 159 cm³/mol. The summed E-state index contributed by atoms with van der Waals surface area (Å²) in [5.41, 5.74) is 2.75. The normalized spacial score (nSPS) is 11.4. The first-order chi connectivity index (χ1) is 18.5. The summed E-state index contributed by atoms with van der Waals surface area (Å²) in [7, 11) is 4.50. The number of carbonyl (C=O) groups excluding carboxylic acids is 1. The zero-order chi connectivity index (χ0) is 27.3. The molecule has 0 spiro atoms. The van der Waals surface area contributed by atoms with Gasteiger partial charge in [-0.2, -0.15) is 0 Å². The van der Waals surface area contributed by atoms with Gasteiger partial charge in [0.05, 0.1) is 33.9 Å². The molecule has 0 heterocycles. The Morgan fingerprint density at radius 2 is 1.34 bits per heavy atom. The fraction of sp³-hybridized carbons (Fsp3) is 0.618. The summed E-state index contributed by atoms with van der Waals surface area (Å²) in [5.74, 6) is 0.849. The van der Waals surface area contributed by atoms with Gasteiger partial charge in [-0.25, -0.2) is 0 Å². The van der Waals surface area contributed by atoms with Crippen LogP contribution in [0, 0.1) is 0 Å². The first kappa shape index (κ1) is 31.9. The summed E-state index contributed by atoms with van der Waals surface area (Å²) in [5, 5.41) is 0. The van der Waals surface area contributed by atoms with Crippen LogP contribution < -0.4 is 4.74 Å². The van der Waals surface area contributed by atoms with Gasteiger partial charge in [0.15, 0.2) is 0 Å². The molecule has 0 aliphatic rings. The molecule has 0 radical (unpaired) electrons. The van der Waals surface area contributed by atoms with E-state index in [1.54, 1.807) is 0 Å². The number of carbonyl (C=O) groups is 1. The van der Waals surface area contributed by atoms with Crippen molar-refractivity contribution in [2.24, 2.45) is 0 Å². The minimum absolute atomic E-state index is 0.0774. The lowest BCUT2D eigenvalue weighted by molar-refractivity contribution is -0.903. The highest BCUT2D eigenvalue weighted by molar-refractivity contribution is 5.69. The minimum Gasteiger partial charge on any atom is -0.494 e. The maximum Gasteiger partial charge on any atom is 0.305 e. The molecule has 0 aliphatic carbocycles. The van der Waals surface area contributed by atoms with Crippen molar-refractivity contribution >= 4 is 5.97 Å². The van der Waals surface area contributed by atoms with Gasteiger partial charge in [0.1, 0.15) is 12.3 Å². The van der Waals surface area contributed by atoms with Gasteiger partial charge in [-0.15, -0.1) is 0 Å². The third kappa shape index (κ3) is 15.8. The van der Waals surface area contributed by atoms with Gasteiger partial charge in [-0.1, -0.05) is 94.3 Å². The smallest absolute Gasteiger partial charge is 0.305 e. The lowest BCUT2D eigenvalue weighted by atomic mass is 10.0. The monoisotopic (exact) mass is 524 g/mol. The Balaban J connectivity index is 1.43. The Bertz CT molecular complexity index is 848. The topological polar surface area (TPSA) is 35.5 Å². The van der Waals surface area contributed by atoms with Crippen molar-refractivity contribution in [2.45, 2.75) is 103 Å². The number of esters is 1. The van der Waals surface area contributed by atoms with Crippen LogP contribution in [0.5, 0.6) is 5.75 Å². The van der Waals surface area contributed by atoms with Crippen molar-refractivity contribution in [1.82, 2.24) is 0 Å². The molecule has 0 bridgehead atoms. The Morgan fingerprint density at radius 3 is 2.05 bits per heavy atom. The summed E-state index contributed by atoms with van der Waals surface area (Å²) in [6, 6.07) is 19.1. The van der Waals surface area contributed by atoms with Crippen LogP contribution in [0.4, 0.5) is 0 Å². The average Bonchev–Trinajstić information content (AvgIpc) is 2.91. The molecule has 0 amide bonds. The van der Waals surface area contributed by atoms with Gasteiger partial charge >= 0.3 is 5.97 Å². The van der Waals surface area contributed by atoms with Crippen molar-refractivity contribution in [2.75, 3.05) is 33.9 Å². The Labute approximate surface area is 233 Å². The maximum atomic E-state index is 12.1. The van der Waals surface area contributed by atoms with Crippen LogP contribution in [0.3, 0.4) is 0 Å². The lowest BCUT2D eigenvalue weighted by Gasteiger charge is -2.30. The number of nitrogens with zero attached hydrogens (tertiary/aromatic N) is 1. The fourth-order valence-corrected chi connectivity index (χ4v) is 4.83. The van der Waals surface area contributed by atoms with Crippen molar-refractivity contribution in [1.29, 1.82) is 0 Å². The number of ether oxygens (including phenoxy) is 2. The molecule has 0 saturated carbocycles. The molecule has 0 saturated heterocycles. The predicted octanol–water partition coefficient (Wildman–Crippen LogP) is 8.52. The molecule has 212 valence electrons. The number of quaternary nitrogens is 1. The Kier molecular flexibility index (Phi) is 16.5. The van der Waals surface area contributed by atoms with Crippen LogP contribution >= 0.6 is 0 Å². The zero-order valence-corrected chi connectivity index (χ0v) is 24.6. The molecule has 0 atom stereocenters. The van der Waals surface area contributed by atoms with Gasteiger partial charge in [-0.05, 0) is 56.2 Å². The molecule has 0 N–H and O–H groups in total. The molecule has 0 unspecified atom stereocenters. The van der Waals surface area contributed by atoms with Crippen molar-refractivity contribution in [3.8, 4) is 5.75 Å². The molecule has 38 heavy (non-hydrogen) atoms. The molecule has 4 heteroatoms. The molecule has 0 fully saturated rings. The summed E-state index contributed by atoms with van der Waals surface area (Å²) in [4.78, 5) is 12.1.